The Balaban J connectivity index is 3.80. The Morgan fingerprint density at radius 2 is 1.86 bits per heavy atom. The van der Waals surface area contributed by atoms with Crippen molar-refractivity contribution < 1.29 is 4.79 Å². The molecule has 0 fully saturated rings. The summed E-state index contributed by atoms with van der Waals surface area (Å²) in [6.07, 6.45) is 1.51. The third-order valence-corrected chi connectivity index (χ3v) is 0.492. The van der Waals surface area contributed by atoms with Crippen LogP contribution in [-0.2, 0) is 4.79 Å². The molecule has 0 heterocycles. The zero-order chi connectivity index (χ0) is 5.91. The van der Waals surface area contributed by atoms with Crippen molar-refractivity contribution in [1.29, 1.82) is 0 Å². The van der Waals surface area contributed by atoms with Crippen molar-refractivity contribution in [3.05, 3.63) is 6.08 Å². The van der Waals surface area contributed by atoms with E-state index in [0.29, 0.717) is 0 Å². The molecule has 0 aliphatic rings. The summed E-state index contributed by atoms with van der Waals surface area (Å²) in [5.74, 6) is 1.73. The summed E-state index contributed by atoms with van der Waals surface area (Å²) in [7, 11) is 0. The zero-order valence-electron chi connectivity index (χ0n) is 4.99. The van der Waals surface area contributed by atoms with Crippen LogP contribution in [0.2, 0.25) is 0 Å². The van der Waals surface area contributed by atoms with Crippen molar-refractivity contribution in [3.8, 4) is 0 Å². The minimum atomic E-state index is 0.00174. The van der Waals surface area contributed by atoms with E-state index in [1.54, 1.807) is 5.94 Å². The standard InChI is InChI=1S/C6H10O/c1-6(2,3)4-5-7/h4H,1-3H3. The van der Waals surface area contributed by atoms with Gasteiger partial charge < -0.3 is 0 Å². The predicted octanol–water partition coefficient (Wildman–Crippen LogP) is 1.42. The predicted molar refractivity (Wildman–Crippen MR) is 29.7 cm³/mol. The highest BCUT2D eigenvalue weighted by Crippen LogP contribution is 2.11. The lowest BCUT2D eigenvalue weighted by atomic mass is 9.98. The Kier molecular flexibility index (Phi) is 1.79. The fraction of sp³-hybridized carbons (Fsp3) is 0.667. The minimum Gasteiger partial charge on any atom is -0.234 e. The molecule has 0 saturated carbocycles. The highest BCUT2D eigenvalue weighted by molar-refractivity contribution is 5.46. The van der Waals surface area contributed by atoms with E-state index < -0.39 is 0 Å². The van der Waals surface area contributed by atoms with Crippen LogP contribution in [0.1, 0.15) is 20.8 Å². The second-order valence-electron chi connectivity index (χ2n) is 2.63. The van der Waals surface area contributed by atoms with Gasteiger partial charge in [0.1, 0.15) is 5.94 Å². The third kappa shape index (κ3) is 5.45. The lowest BCUT2D eigenvalue weighted by Gasteiger charge is -2.06. The summed E-state index contributed by atoms with van der Waals surface area (Å²) in [5, 5.41) is 0. The van der Waals surface area contributed by atoms with Crippen molar-refractivity contribution in [2.75, 3.05) is 0 Å². The maximum Gasteiger partial charge on any atom is 0.120 e. The number of allylic oxidation sites excluding steroid dienone is 1. The van der Waals surface area contributed by atoms with Crippen LogP contribution in [0.5, 0.6) is 0 Å². The van der Waals surface area contributed by atoms with Crippen LogP contribution in [0.15, 0.2) is 6.08 Å². The van der Waals surface area contributed by atoms with E-state index in [4.69, 9.17) is 0 Å². The van der Waals surface area contributed by atoms with Gasteiger partial charge in [0.2, 0.25) is 0 Å². The summed E-state index contributed by atoms with van der Waals surface area (Å²) in [4.78, 5) is 9.64. The van der Waals surface area contributed by atoms with Crippen LogP contribution in [0.3, 0.4) is 0 Å². The van der Waals surface area contributed by atoms with Gasteiger partial charge in [0, 0.05) is 6.08 Å². The van der Waals surface area contributed by atoms with Gasteiger partial charge in [-0.2, -0.15) is 0 Å². The smallest absolute Gasteiger partial charge is 0.120 e. The quantitative estimate of drug-likeness (QED) is 0.419. The van der Waals surface area contributed by atoms with Gasteiger partial charge in [0.05, 0.1) is 0 Å². The molecule has 1 nitrogen and oxygen atoms in total. The maximum atomic E-state index is 9.64. The number of rotatable bonds is 0. The van der Waals surface area contributed by atoms with Crippen LogP contribution in [-0.4, -0.2) is 5.94 Å². The Bertz CT molecular complexity index is 91.2. The summed E-state index contributed by atoms with van der Waals surface area (Å²) >= 11 is 0. The molecule has 0 atom stereocenters. The van der Waals surface area contributed by atoms with Gasteiger partial charge in [-0.1, -0.05) is 20.8 Å². The Hall–Kier alpha value is -0.550. The molecule has 0 aromatic heterocycles. The molecule has 7 heavy (non-hydrogen) atoms. The molecule has 0 unspecified atom stereocenters. The van der Waals surface area contributed by atoms with Crippen molar-refractivity contribution in [3.63, 3.8) is 0 Å². The van der Waals surface area contributed by atoms with Gasteiger partial charge in [-0.3, -0.25) is 0 Å². The van der Waals surface area contributed by atoms with E-state index in [-0.39, 0.29) is 5.41 Å². The summed E-state index contributed by atoms with van der Waals surface area (Å²) in [6.45, 7) is 5.87. The first-order chi connectivity index (χ1) is 3.06. The van der Waals surface area contributed by atoms with Crippen LogP contribution in [0.4, 0.5) is 0 Å². The van der Waals surface area contributed by atoms with Gasteiger partial charge >= 0.3 is 0 Å². The fourth-order valence-electron chi connectivity index (χ4n) is 0.177. The molecule has 0 bridgehead atoms. The first kappa shape index (κ1) is 6.45. The maximum absolute atomic E-state index is 9.64. The summed E-state index contributed by atoms with van der Waals surface area (Å²) < 4.78 is 0. The fourth-order valence-corrected chi connectivity index (χ4v) is 0.177. The van der Waals surface area contributed by atoms with E-state index >= 15 is 0 Å². The van der Waals surface area contributed by atoms with Gasteiger partial charge in [0.15, 0.2) is 0 Å². The van der Waals surface area contributed by atoms with E-state index in [1.165, 1.54) is 6.08 Å². The summed E-state index contributed by atoms with van der Waals surface area (Å²) in [6, 6.07) is 0. The second-order valence-corrected chi connectivity index (χ2v) is 2.63. The number of hydrogen-bond acceptors (Lipinski definition) is 1. The molecule has 0 rings (SSSR count). The van der Waals surface area contributed by atoms with E-state index in [1.807, 2.05) is 20.8 Å². The van der Waals surface area contributed by atoms with Crippen LogP contribution >= 0.6 is 0 Å². The van der Waals surface area contributed by atoms with E-state index in [0.717, 1.165) is 0 Å². The van der Waals surface area contributed by atoms with Crippen LogP contribution in [0, 0.1) is 5.41 Å². The molecule has 0 aliphatic heterocycles. The molecule has 40 valence electrons. The van der Waals surface area contributed by atoms with E-state index in [2.05, 4.69) is 0 Å². The summed E-state index contributed by atoms with van der Waals surface area (Å²) in [5.41, 5.74) is 0.00174. The molecular formula is C6H10O. The second kappa shape index (κ2) is 1.94. The van der Waals surface area contributed by atoms with E-state index in [9.17, 15) is 4.79 Å². The monoisotopic (exact) mass is 98.1 g/mol. The number of carbonyl (C=O) groups excluding carboxylic acids is 1. The highest BCUT2D eigenvalue weighted by atomic mass is 16.1. The average molecular weight is 98.1 g/mol. The lowest BCUT2D eigenvalue weighted by molar-refractivity contribution is 0.530. The SMILES string of the molecule is CC(C)(C)C=C=O. The minimum absolute atomic E-state index is 0.00174. The van der Waals surface area contributed by atoms with Gasteiger partial charge in [-0.25, -0.2) is 4.79 Å². The van der Waals surface area contributed by atoms with Gasteiger partial charge in [-0.05, 0) is 5.41 Å². The van der Waals surface area contributed by atoms with Crippen LogP contribution in [0.25, 0.3) is 0 Å². The average Bonchev–Trinajstić information content (AvgIpc) is 1.30. The Morgan fingerprint density at radius 1 is 1.43 bits per heavy atom. The molecule has 0 N–H and O–H groups in total. The molecule has 0 saturated heterocycles. The molecule has 0 aromatic rings. The first-order valence-electron chi connectivity index (χ1n) is 2.28. The Morgan fingerprint density at radius 3 is 1.86 bits per heavy atom. The Labute approximate surface area is 44.0 Å². The molecule has 0 amide bonds. The molecule has 0 aliphatic carbocycles. The van der Waals surface area contributed by atoms with Crippen molar-refractivity contribution in [2.45, 2.75) is 20.8 Å². The first-order valence-corrected chi connectivity index (χ1v) is 2.28. The lowest BCUT2D eigenvalue weighted by Crippen LogP contribution is -1.97. The molecule has 0 spiro atoms. The zero-order valence-corrected chi connectivity index (χ0v) is 4.99. The highest BCUT2D eigenvalue weighted by Gasteiger charge is 2.02. The number of hydrogen-bond donors (Lipinski definition) is 0. The molecule has 1 heteroatoms. The van der Waals surface area contributed by atoms with Gasteiger partial charge in [-0.15, -0.1) is 0 Å². The van der Waals surface area contributed by atoms with Gasteiger partial charge in [0.25, 0.3) is 0 Å². The normalized spacial score (nSPS) is 10.1. The van der Waals surface area contributed by atoms with Crippen LogP contribution < -0.4 is 0 Å². The van der Waals surface area contributed by atoms with Crippen molar-refractivity contribution >= 4 is 5.94 Å². The topological polar surface area (TPSA) is 17.1 Å². The van der Waals surface area contributed by atoms with Crippen molar-refractivity contribution in [1.82, 2.24) is 0 Å². The largest absolute Gasteiger partial charge is 0.234 e. The van der Waals surface area contributed by atoms with Crippen molar-refractivity contribution in [2.24, 2.45) is 5.41 Å². The molecule has 0 aromatic carbocycles. The third-order valence-electron chi connectivity index (χ3n) is 0.492. The molecule has 0 radical (unpaired) electrons. The molecular weight excluding hydrogens is 88.1 g/mol.